The molecular weight excluding hydrogens is 676 g/mol. The average Bonchev–Trinajstić information content (AvgIpc) is 3.51. The van der Waals surface area contributed by atoms with E-state index in [-0.39, 0.29) is 35.4 Å². The Kier molecular flexibility index (Phi) is 8.40. The maximum absolute atomic E-state index is 15.3. The van der Waals surface area contributed by atoms with Crippen molar-refractivity contribution < 1.29 is 36.2 Å². The number of hydrogen-bond donors (Lipinski definition) is 2. The fourth-order valence-electron chi connectivity index (χ4n) is 6.80. The molecule has 0 saturated heterocycles. The highest BCUT2D eigenvalue weighted by atomic mass is 19.3. The van der Waals surface area contributed by atoms with Gasteiger partial charge in [-0.3, -0.25) is 13.9 Å². The topological polar surface area (TPSA) is 110 Å². The smallest absolute Gasteiger partial charge is 0.293 e. The number of nitrogens with one attached hydrogen (secondary N) is 1. The van der Waals surface area contributed by atoms with Crippen LogP contribution in [0.1, 0.15) is 85.3 Å². The zero-order chi connectivity index (χ0) is 36.4. The van der Waals surface area contributed by atoms with Crippen molar-refractivity contribution in [1.29, 1.82) is 0 Å². The summed E-state index contributed by atoms with van der Waals surface area (Å²) in [6, 6.07) is 8.43. The molecule has 15 heteroatoms. The van der Waals surface area contributed by atoms with Crippen LogP contribution in [0.3, 0.4) is 0 Å². The second-order valence-corrected chi connectivity index (χ2v) is 13.3. The van der Waals surface area contributed by atoms with Gasteiger partial charge in [0.1, 0.15) is 46.7 Å². The lowest BCUT2D eigenvalue weighted by Gasteiger charge is -2.23. The number of hydrogen-bond acceptors (Lipinski definition) is 6. The number of carbonyl (C=O) groups is 1. The first-order valence-electron chi connectivity index (χ1n) is 16.3. The molecule has 4 heterocycles. The second-order valence-electron chi connectivity index (χ2n) is 13.3. The molecule has 0 unspecified atom stereocenters. The van der Waals surface area contributed by atoms with Crippen LogP contribution in [0.15, 0.2) is 48.7 Å². The molecule has 0 spiro atoms. The van der Waals surface area contributed by atoms with Gasteiger partial charge in [0.25, 0.3) is 12.3 Å². The van der Waals surface area contributed by atoms with E-state index in [2.05, 4.69) is 32.5 Å². The number of aromatic nitrogens is 6. The number of benzene rings is 1. The summed E-state index contributed by atoms with van der Waals surface area (Å²) < 4.78 is 89.7. The number of pyridine rings is 2. The number of aryl methyl sites for hydroxylation is 1. The minimum atomic E-state index is -3.45. The quantitative estimate of drug-likeness (QED) is 0.140. The van der Waals surface area contributed by atoms with Gasteiger partial charge >= 0.3 is 0 Å². The Hall–Kier alpha value is -5.23. The van der Waals surface area contributed by atoms with Gasteiger partial charge in [-0.15, -0.1) is 10.2 Å². The van der Waals surface area contributed by atoms with Gasteiger partial charge in [0.2, 0.25) is 5.91 Å². The highest BCUT2D eigenvalue weighted by Gasteiger charge is 2.67. The maximum atomic E-state index is 15.3. The van der Waals surface area contributed by atoms with Gasteiger partial charge in [-0.25, -0.2) is 22.5 Å². The Labute approximate surface area is 287 Å². The molecule has 1 fully saturated rings. The third-order valence-corrected chi connectivity index (χ3v) is 9.02. The van der Waals surface area contributed by atoms with Gasteiger partial charge < -0.3 is 10.4 Å². The largest absolute Gasteiger partial charge is 0.378 e. The minimum absolute atomic E-state index is 0.0591. The van der Waals surface area contributed by atoms with Crippen molar-refractivity contribution in [2.75, 3.05) is 0 Å². The Balaban J connectivity index is 1.34. The Morgan fingerprint density at radius 2 is 1.84 bits per heavy atom. The maximum Gasteiger partial charge on any atom is 0.293 e. The summed E-state index contributed by atoms with van der Waals surface area (Å²) in [7, 11) is 0. The molecule has 2 aliphatic carbocycles. The van der Waals surface area contributed by atoms with E-state index in [1.807, 2.05) is 6.92 Å². The van der Waals surface area contributed by atoms with Crippen LogP contribution in [0, 0.1) is 29.4 Å². The number of aliphatic hydroxyl groups is 1. The first kappa shape index (κ1) is 34.2. The third-order valence-electron chi connectivity index (χ3n) is 9.02. The van der Waals surface area contributed by atoms with E-state index in [9.17, 15) is 27.5 Å². The molecule has 2 N–H and O–H groups in total. The van der Waals surface area contributed by atoms with Gasteiger partial charge in [-0.1, -0.05) is 12.8 Å². The van der Waals surface area contributed by atoms with Crippen LogP contribution < -0.4 is 5.32 Å². The van der Waals surface area contributed by atoms with Crippen molar-refractivity contribution >= 4 is 11.6 Å². The molecule has 9 nitrogen and oxygen atoms in total. The molecule has 1 amide bonds. The zero-order valence-electron chi connectivity index (χ0n) is 27.6. The van der Waals surface area contributed by atoms with Gasteiger partial charge in [0, 0.05) is 41.3 Å². The number of halogens is 6. The number of rotatable bonds is 9. The van der Waals surface area contributed by atoms with Crippen molar-refractivity contribution in [3.8, 4) is 23.0 Å². The number of fused-ring (bicyclic) bond motifs is 4. The van der Waals surface area contributed by atoms with Gasteiger partial charge in [-0.05, 0) is 80.5 Å². The van der Waals surface area contributed by atoms with E-state index in [4.69, 9.17) is 4.98 Å². The summed E-state index contributed by atoms with van der Waals surface area (Å²) in [6.45, 7) is 4.03. The molecule has 3 atom stereocenters. The molecule has 1 aromatic carbocycles. The SMILES string of the molecule is CCc1nnc2c(-c3ccc(C#CC(C)(C)O)nc3[C@H](Cc3cc(F)cc(F)c3)NC(=O)Cn3nc(C(F)F)c4c3C(F)(F)[C@@H]3C[C@H]43)cccn12. The lowest BCUT2D eigenvalue weighted by molar-refractivity contribution is -0.123. The monoisotopic (exact) mass is 707 g/mol. The fourth-order valence-corrected chi connectivity index (χ4v) is 6.80. The van der Waals surface area contributed by atoms with Crippen molar-refractivity contribution in [2.45, 2.75) is 76.5 Å². The molecule has 0 bridgehead atoms. The van der Waals surface area contributed by atoms with Crippen LogP contribution in [0.4, 0.5) is 26.3 Å². The van der Waals surface area contributed by atoms with Crippen LogP contribution in [0.5, 0.6) is 0 Å². The number of alkyl halides is 4. The molecule has 0 aliphatic heterocycles. The van der Waals surface area contributed by atoms with Crippen LogP contribution in [-0.4, -0.2) is 46.0 Å². The van der Waals surface area contributed by atoms with Crippen LogP contribution in [0.2, 0.25) is 0 Å². The number of amides is 1. The third kappa shape index (κ3) is 6.44. The predicted octanol–water partition coefficient (Wildman–Crippen LogP) is 6.20. The summed E-state index contributed by atoms with van der Waals surface area (Å²) in [6.07, 6.45) is -0.960. The molecule has 51 heavy (non-hydrogen) atoms. The van der Waals surface area contributed by atoms with Crippen LogP contribution >= 0.6 is 0 Å². The molecular formula is C36H31F6N7O2. The Morgan fingerprint density at radius 1 is 1.10 bits per heavy atom. The van der Waals surface area contributed by atoms with E-state index < -0.39 is 71.3 Å². The lowest BCUT2D eigenvalue weighted by atomic mass is 9.95. The van der Waals surface area contributed by atoms with Crippen LogP contribution in [0.25, 0.3) is 16.8 Å². The van der Waals surface area contributed by atoms with Gasteiger partial charge in [-0.2, -0.15) is 13.9 Å². The average molecular weight is 708 g/mol. The normalized spacial score (nSPS) is 17.9. The standard InChI is InChI=1S/C36H31F6N7O2/c1-4-27-45-46-34-23(6-5-11-48(27)34)22-8-7-21(9-10-35(2,3)51)43-30(22)26(14-18-12-19(37)15-20(38)13-18)44-28(50)17-49-32-29(31(47-49)33(39)40)24-16-25(24)36(32,41)42/h5-8,11-13,15,24-26,33,51H,4,14,16-17H2,1-3H3,(H,44,50)/t24-,25+,26-/m0/s1. The van der Waals surface area contributed by atoms with Crippen molar-refractivity contribution in [3.05, 3.63) is 100 Å². The summed E-state index contributed by atoms with van der Waals surface area (Å²) in [5.74, 6) is -1.83. The molecule has 1 saturated carbocycles. The summed E-state index contributed by atoms with van der Waals surface area (Å²) in [5, 5.41) is 25.3. The van der Waals surface area contributed by atoms with E-state index in [0.717, 1.165) is 12.1 Å². The first-order chi connectivity index (χ1) is 24.1. The van der Waals surface area contributed by atoms with Crippen molar-refractivity contribution in [2.24, 2.45) is 5.92 Å². The summed E-state index contributed by atoms with van der Waals surface area (Å²) in [4.78, 5) is 18.5. The highest BCUT2D eigenvalue weighted by molar-refractivity contribution is 5.81. The van der Waals surface area contributed by atoms with Crippen molar-refractivity contribution in [1.82, 2.24) is 34.7 Å². The molecule has 2 aliphatic rings. The van der Waals surface area contributed by atoms with E-state index in [1.54, 1.807) is 34.9 Å². The molecule has 264 valence electrons. The highest BCUT2D eigenvalue weighted by Crippen LogP contribution is 2.68. The minimum Gasteiger partial charge on any atom is -0.378 e. The molecule has 0 radical (unpaired) electrons. The molecule has 4 aromatic heterocycles. The second kappa shape index (κ2) is 12.5. The lowest BCUT2D eigenvalue weighted by Crippen LogP contribution is -2.35. The Morgan fingerprint density at radius 3 is 2.53 bits per heavy atom. The predicted molar refractivity (Wildman–Crippen MR) is 172 cm³/mol. The molecule has 7 rings (SSSR count). The zero-order valence-corrected chi connectivity index (χ0v) is 27.6. The first-order valence-corrected chi connectivity index (χ1v) is 16.3. The molecule has 5 aromatic rings. The number of nitrogens with zero attached hydrogens (tertiary/aromatic N) is 6. The van der Waals surface area contributed by atoms with E-state index >= 15 is 8.78 Å². The van der Waals surface area contributed by atoms with E-state index in [0.29, 0.717) is 39.8 Å². The number of carbonyl (C=O) groups excluding carboxylic acids is 1. The van der Waals surface area contributed by atoms with Crippen LogP contribution in [-0.2, 0) is 30.1 Å². The van der Waals surface area contributed by atoms with Gasteiger partial charge in [0.05, 0.1) is 11.7 Å². The summed E-state index contributed by atoms with van der Waals surface area (Å²) >= 11 is 0. The summed E-state index contributed by atoms with van der Waals surface area (Å²) in [5.41, 5.74) is -1.21. The van der Waals surface area contributed by atoms with Crippen molar-refractivity contribution in [3.63, 3.8) is 0 Å². The van der Waals surface area contributed by atoms with E-state index in [1.165, 1.54) is 13.8 Å². The fraction of sp³-hybridized carbons (Fsp3) is 0.361. The Bertz CT molecular complexity index is 2230. The van der Waals surface area contributed by atoms with Gasteiger partial charge in [0.15, 0.2) is 5.65 Å².